The van der Waals surface area contributed by atoms with Gasteiger partial charge in [-0.15, -0.1) is 0 Å². The number of carboxylic acids is 1. The Kier molecular flexibility index (Phi) is 4.69. The summed E-state index contributed by atoms with van der Waals surface area (Å²) in [7, 11) is 3.07. The molecule has 1 atom stereocenters. The van der Waals surface area contributed by atoms with Crippen LogP contribution in [0.15, 0.2) is 64.2 Å². The predicted molar refractivity (Wildman–Crippen MR) is 107 cm³/mol. The lowest BCUT2D eigenvalue weighted by molar-refractivity contribution is 0.0696. The summed E-state index contributed by atoms with van der Waals surface area (Å²) in [6.07, 6.45) is 0.974. The SMILES string of the molecule is COc1ccc(N2C(c3ccc(C(=O)O)cc3OC)=Nc3occc3C2N)cc1. The minimum Gasteiger partial charge on any atom is -0.497 e. The Morgan fingerprint density at radius 2 is 1.90 bits per heavy atom. The van der Waals surface area contributed by atoms with Crippen LogP contribution >= 0.6 is 0 Å². The summed E-state index contributed by atoms with van der Waals surface area (Å²) >= 11 is 0. The summed E-state index contributed by atoms with van der Waals surface area (Å²) in [5, 5.41) is 9.29. The minimum atomic E-state index is -1.04. The van der Waals surface area contributed by atoms with Crippen LogP contribution in [0.25, 0.3) is 0 Å². The average molecular weight is 393 g/mol. The molecule has 0 bridgehead atoms. The Bertz CT molecular complexity index is 1090. The Hall–Kier alpha value is -3.78. The number of aliphatic imine (C=N–C) groups is 1. The molecule has 1 unspecified atom stereocenters. The summed E-state index contributed by atoms with van der Waals surface area (Å²) in [6, 6.07) is 13.8. The van der Waals surface area contributed by atoms with Crippen molar-refractivity contribution in [3.63, 3.8) is 0 Å². The molecule has 1 aliphatic heterocycles. The van der Waals surface area contributed by atoms with Crippen molar-refractivity contribution in [3.8, 4) is 11.5 Å². The lowest BCUT2D eigenvalue weighted by atomic mass is 10.0. The third-order valence-electron chi connectivity index (χ3n) is 4.75. The number of nitrogens with zero attached hydrogens (tertiary/aromatic N) is 2. The molecule has 0 aliphatic carbocycles. The van der Waals surface area contributed by atoms with Gasteiger partial charge in [0.2, 0.25) is 5.88 Å². The zero-order valence-corrected chi connectivity index (χ0v) is 15.8. The summed E-state index contributed by atoms with van der Waals surface area (Å²) in [5.41, 5.74) is 8.78. The van der Waals surface area contributed by atoms with Crippen LogP contribution in [0.3, 0.4) is 0 Å². The number of methoxy groups -OCH3 is 2. The molecule has 0 saturated heterocycles. The molecule has 0 fully saturated rings. The van der Waals surface area contributed by atoms with Gasteiger partial charge in [0.1, 0.15) is 23.5 Å². The molecule has 0 saturated carbocycles. The quantitative estimate of drug-likeness (QED) is 0.682. The van der Waals surface area contributed by atoms with Crippen LogP contribution in [0.5, 0.6) is 11.5 Å². The van der Waals surface area contributed by atoms with Crippen LogP contribution in [0.1, 0.15) is 27.7 Å². The van der Waals surface area contributed by atoms with Crippen LogP contribution < -0.4 is 20.1 Å². The molecule has 0 amide bonds. The number of aromatic carboxylic acids is 1. The van der Waals surface area contributed by atoms with Gasteiger partial charge in [-0.2, -0.15) is 4.99 Å². The van der Waals surface area contributed by atoms with Crippen molar-refractivity contribution in [1.82, 2.24) is 0 Å². The van der Waals surface area contributed by atoms with Crippen molar-refractivity contribution >= 4 is 23.4 Å². The number of hydrogen-bond donors (Lipinski definition) is 2. The molecule has 29 heavy (non-hydrogen) atoms. The zero-order chi connectivity index (χ0) is 20.5. The molecular weight excluding hydrogens is 374 g/mol. The second-order valence-electron chi connectivity index (χ2n) is 6.35. The number of benzene rings is 2. The number of nitrogens with two attached hydrogens (primary N) is 1. The number of furan rings is 1. The molecule has 148 valence electrons. The van der Waals surface area contributed by atoms with Crippen molar-refractivity contribution in [1.29, 1.82) is 0 Å². The normalized spacial score (nSPS) is 15.5. The van der Waals surface area contributed by atoms with Crippen molar-refractivity contribution < 1.29 is 23.8 Å². The van der Waals surface area contributed by atoms with Crippen molar-refractivity contribution in [2.45, 2.75) is 6.17 Å². The number of carboxylic acid groups (broad SMARTS) is 1. The maximum absolute atomic E-state index is 11.3. The predicted octanol–water partition coefficient (Wildman–Crippen LogP) is 3.55. The average Bonchev–Trinajstić information content (AvgIpc) is 3.22. The molecule has 0 radical (unpaired) electrons. The van der Waals surface area contributed by atoms with Gasteiger partial charge >= 0.3 is 5.97 Å². The number of anilines is 1. The van der Waals surface area contributed by atoms with Gasteiger partial charge in [-0.05, 0) is 48.5 Å². The van der Waals surface area contributed by atoms with Gasteiger partial charge in [0.05, 0.1) is 37.2 Å². The van der Waals surface area contributed by atoms with Crippen LogP contribution in [0, 0.1) is 0 Å². The van der Waals surface area contributed by atoms with Crippen molar-refractivity contribution in [2.75, 3.05) is 19.1 Å². The highest BCUT2D eigenvalue weighted by atomic mass is 16.5. The minimum absolute atomic E-state index is 0.112. The fourth-order valence-electron chi connectivity index (χ4n) is 3.27. The number of carbonyl (C=O) groups is 1. The molecule has 2 aromatic carbocycles. The highest BCUT2D eigenvalue weighted by Crippen LogP contribution is 2.39. The van der Waals surface area contributed by atoms with E-state index in [1.54, 1.807) is 19.2 Å². The highest BCUT2D eigenvalue weighted by molar-refractivity contribution is 6.14. The number of amidine groups is 1. The van der Waals surface area contributed by atoms with Crippen LogP contribution in [0.2, 0.25) is 0 Å². The second kappa shape index (κ2) is 7.33. The van der Waals surface area contributed by atoms with E-state index in [0.717, 1.165) is 11.3 Å². The standard InChI is InChI=1S/C21H19N3O5/c1-27-14-6-4-13(5-7-14)24-18(22)16-9-10-29-20(16)23-19(24)15-8-3-12(21(25)26)11-17(15)28-2/h3-11,18H,22H2,1-2H3,(H,25,26). The molecule has 8 heteroatoms. The maximum Gasteiger partial charge on any atom is 0.335 e. The topological polar surface area (TPSA) is 111 Å². The summed E-state index contributed by atoms with van der Waals surface area (Å²) < 4.78 is 16.2. The molecule has 3 aromatic rings. The number of rotatable bonds is 5. The third kappa shape index (κ3) is 3.19. The van der Waals surface area contributed by atoms with Gasteiger partial charge in [-0.25, -0.2) is 4.79 Å². The first-order valence-corrected chi connectivity index (χ1v) is 8.80. The molecular formula is C21H19N3O5. The number of hydrogen-bond acceptors (Lipinski definition) is 7. The fourth-order valence-corrected chi connectivity index (χ4v) is 3.27. The van der Waals surface area contributed by atoms with Crippen LogP contribution in [-0.4, -0.2) is 31.1 Å². The first-order chi connectivity index (χ1) is 14.0. The number of fused-ring (bicyclic) bond motifs is 1. The van der Waals surface area contributed by atoms with E-state index in [1.165, 1.54) is 25.5 Å². The highest BCUT2D eigenvalue weighted by Gasteiger charge is 2.33. The van der Waals surface area contributed by atoms with Crippen LogP contribution in [-0.2, 0) is 0 Å². The maximum atomic E-state index is 11.3. The van der Waals surface area contributed by atoms with E-state index >= 15 is 0 Å². The van der Waals surface area contributed by atoms with Gasteiger partial charge in [-0.1, -0.05) is 0 Å². The molecule has 0 spiro atoms. The lowest BCUT2D eigenvalue weighted by Gasteiger charge is -2.35. The van der Waals surface area contributed by atoms with E-state index in [9.17, 15) is 9.90 Å². The van der Waals surface area contributed by atoms with Gasteiger partial charge in [0.15, 0.2) is 0 Å². The van der Waals surface area contributed by atoms with Gasteiger partial charge in [0.25, 0.3) is 0 Å². The first kappa shape index (κ1) is 18.6. The second-order valence-corrected chi connectivity index (χ2v) is 6.35. The largest absolute Gasteiger partial charge is 0.497 e. The van der Waals surface area contributed by atoms with Gasteiger partial charge in [-0.3, -0.25) is 0 Å². The van der Waals surface area contributed by atoms with Crippen molar-refractivity contribution in [3.05, 3.63) is 71.5 Å². The monoisotopic (exact) mass is 393 g/mol. The molecule has 3 N–H and O–H groups in total. The molecule has 1 aromatic heterocycles. The van der Waals surface area contributed by atoms with Gasteiger partial charge in [0, 0.05) is 5.69 Å². The van der Waals surface area contributed by atoms with E-state index in [0.29, 0.717) is 28.8 Å². The van der Waals surface area contributed by atoms with E-state index in [2.05, 4.69) is 4.99 Å². The molecule has 1 aliphatic rings. The van der Waals surface area contributed by atoms with Crippen LogP contribution in [0.4, 0.5) is 11.6 Å². The smallest absolute Gasteiger partial charge is 0.335 e. The molecule has 4 rings (SSSR count). The zero-order valence-electron chi connectivity index (χ0n) is 15.8. The Labute approximate surface area is 166 Å². The summed E-state index contributed by atoms with van der Waals surface area (Å²) in [4.78, 5) is 17.8. The lowest BCUT2D eigenvalue weighted by Crippen LogP contribution is -2.42. The van der Waals surface area contributed by atoms with E-state index in [4.69, 9.17) is 19.6 Å². The Morgan fingerprint density at radius 1 is 1.14 bits per heavy atom. The first-order valence-electron chi connectivity index (χ1n) is 8.80. The van der Waals surface area contributed by atoms with E-state index in [1.807, 2.05) is 29.2 Å². The fraction of sp³-hybridized carbons (Fsp3) is 0.143. The molecule has 8 nitrogen and oxygen atoms in total. The molecule has 2 heterocycles. The summed E-state index contributed by atoms with van der Waals surface area (Å²) in [6.45, 7) is 0. The third-order valence-corrected chi connectivity index (χ3v) is 4.75. The number of ether oxygens (including phenoxy) is 2. The summed E-state index contributed by atoms with van der Waals surface area (Å²) in [5.74, 6) is 0.924. The van der Waals surface area contributed by atoms with E-state index in [-0.39, 0.29) is 5.56 Å². The van der Waals surface area contributed by atoms with Gasteiger partial charge < -0.3 is 29.6 Å². The Morgan fingerprint density at radius 3 is 2.55 bits per heavy atom. The van der Waals surface area contributed by atoms with E-state index < -0.39 is 12.1 Å². The van der Waals surface area contributed by atoms with Crippen molar-refractivity contribution in [2.24, 2.45) is 10.7 Å². The Balaban J connectivity index is 1.89.